The van der Waals surface area contributed by atoms with Crippen LogP contribution in [0.4, 0.5) is 0 Å². The lowest BCUT2D eigenvalue weighted by Crippen LogP contribution is -2.03. The molecule has 0 N–H and O–H groups in total. The molecule has 0 aliphatic heterocycles. The molecule has 2 aromatic rings. The minimum Gasteiger partial charge on any atom is -0.493 e. The fraction of sp³-hybridized carbons (Fsp3) is 0.125. The van der Waals surface area contributed by atoms with E-state index < -0.39 is 0 Å². The maximum atomic E-state index is 12.5. The zero-order chi connectivity index (χ0) is 15.4. The Hall–Kier alpha value is -2.14. The van der Waals surface area contributed by atoms with Crippen LogP contribution in [0.25, 0.3) is 0 Å². The first-order valence-electron chi connectivity index (χ1n) is 6.12. The lowest BCUT2D eigenvalue weighted by atomic mass is 10.0. The molecule has 21 heavy (non-hydrogen) atoms. The molecular weight excluding hydrogens is 336 g/mol. The van der Waals surface area contributed by atoms with Crippen molar-refractivity contribution in [1.29, 1.82) is 0 Å². The average molecular weight is 349 g/mol. The normalized spacial score (nSPS) is 10.0. The first-order chi connectivity index (χ1) is 10.1. The highest BCUT2D eigenvalue weighted by molar-refractivity contribution is 9.10. The molecule has 5 heteroatoms. The molecule has 4 nitrogen and oxygen atoms in total. The van der Waals surface area contributed by atoms with Crippen molar-refractivity contribution in [2.45, 2.75) is 0 Å². The van der Waals surface area contributed by atoms with Gasteiger partial charge < -0.3 is 9.47 Å². The van der Waals surface area contributed by atoms with Gasteiger partial charge in [-0.2, -0.15) is 0 Å². The van der Waals surface area contributed by atoms with E-state index in [9.17, 15) is 9.59 Å². The van der Waals surface area contributed by atoms with E-state index in [1.54, 1.807) is 36.4 Å². The van der Waals surface area contributed by atoms with E-state index in [1.165, 1.54) is 14.2 Å². The molecule has 0 saturated heterocycles. The van der Waals surface area contributed by atoms with Crippen LogP contribution in [0.3, 0.4) is 0 Å². The lowest BCUT2D eigenvalue weighted by molar-refractivity contribution is 0.103. The van der Waals surface area contributed by atoms with Crippen LogP contribution < -0.4 is 9.47 Å². The fourth-order valence-electron chi connectivity index (χ4n) is 1.93. The quantitative estimate of drug-likeness (QED) is 0.612. The van der Waals surface area contributed by atoms with E-state index in [4.69, 9.17) is 9.47 Å². The van der Waals surface area contributed by atoms with Crippen LogP contribution in [0.15, 0.2) is 40.9 Å². The highest BCUT2D eigenvalue weighted by atomic mass is 79.9. The van der Waals surface area contributed by atoms with Gasteiger partial charge in [0.05, 0.1) is 18.7 Å². The summed E-state index contributed by atoms with van der Waals surface area (Å²) in [5, 5.41) is 0. The molecule has 0 aromatic heterocycles. The second-order valence-electron chi connectivity index (χ2n) is 4.26. The number of methoxy groups -OCH3 is 2. The highest BCUT2D eigenvalue weighted by Crippen LogP contribution is 2.36. The number of ether oxygens (including phenoxy) is 2. The SMILES string of the molecule is COc1cc(C(=O)c2ccc(C=O)cc2)cc(Br)c1OC. The Kier molecular flexibility index (Phi) is 4.75. The topological polar surface area (TPSA) is 52.6 Å². The van der Waals surface area contributed by atoms with Crippen molar-refractivity contribution < 1.29 is 19.1 Å². The van der Waals surface area contributed by atoms with Crippen molar-refractivity contribution >= 4 is 28.0 Å². The van der Waals surface area contributed by atoms with Crippen molar-refractivity contribution in [2.75, 3.05) is 14.2 Å². The fourth-order valence-corrected chi connectivity index (χ4v) is 2.53. The number of halogens is 1. The number of aldehydes is 1. The third kappa shape index (κ3) is 3.13. The Morgan fingerprint density at radius 1 is 1.05 bits per heavy atom. The Morgan fingerprint density at radius 3 is 2.24 bits per heavy atom. The third-order valence-electron chi connectivity index (χ3n) is 3.00. The number of carbonyl (C=O) groups is 2. The zero-order valence-corrected chi connectivity index (χ0v) is 13.1. The monoisotopic (exact) mass is 348 g/mol. The Bertz CT molecular complexity index is 677. The molecule has 2 rings (SSSR count). The van der Waals surface area contributed by atoms with Gasteiger partial charge in [0.1, 0.15) is 6.29 Å². The van der Waals surface area contributed by atoms with E-state index >= 15 is 0 Å². The number of ketones is 1. The molecule has 0 spiro atoms. The highest BCUT2D eigenvalue weighted by Gasteiger charge is 2.16. The molecule has 0 fully saturated rings. The van der Waals surface area contributed by atoms with Crippen molar-refractivity contribution in [3.8, 4) is 11.5 Å². The molecule has 0 aliphatic carbocycles. The van der Waals surface area contributed by atoms with E-state index in [0.717, 1.165) is 6.29 Å². The van der Waals surface area contributed by atoms with Crippen LogP contribution in [0.5, 0.6) is 11.5 Å². The summed E-state index contributed by atoms with van der Waals surface area (Å²) in [6.07, 6.45) is 0.737. The summed E-state index contributed by atoms with van der Waals surface area (Å²) < 4.78 is 11.1. The van der Waals surface area contributed by atoms with Crippen LogP contribution in [-0.4, -0.2) is 26.3 Å². The van der Waals surface area contributed by atoms with Gasteiger partial charge in [-0.05, 0) is 28.1 Å². The molecule has 0 amide bonds. The van der Waals surface area contributed by atoms with Crippen LogP contribution in [0, 0.1) is 0 Å². The van der Waals surface area contributed by atoms with Crippen molar-refractivity contribution in [2.24, 2.45) is 0 Å². The maximum absolute atomic E-state index is 12.5. The Labute approximate surface area is 130 Å². The van der Waals surface area contributed by atoms with Gasteiger partial charge in [-0.3, -0.25) is 9.59 Å². The van der Waals surface area contributed by atoms with Crippen LogP contribution in [0.2, 0.25) is 0 Å². The lowest BCUT2D eigenvalue weighted by Gasteiger charge is -2.11. The predicted molar refractivity (Wildman–Crippen MR) is 82.5 cm³/mol. The minimum atomic E-state index is -0.158. The molecule has 0 unspecified atom stereocenters. The summed E-state index contributed by atoms with van der Waals surface area (Å²) in [5.74, 6) is 0.846. The summed E-state index contributed by atoms with van der Waals surface area (Å²) in [7, 11) is 3.04. The molecule has 0 atom stereocenters. The molecule has 2 aromatic carbocycles. The summed E-state index contributed by atoms with van der Waals surface area (Å²) in [4.78, 5) is 23.1. The van der Waals surface area contributed by atoms with Gasteiger partial charge in [-0.1, -0.05) is 24.3 Å². The van der Waals surface area contributed by atoms with Crippen molar-refractivity contribution in [3.05, 3.63) is 57.6 Å². The van der Waals surface area contributed by atoms with E-state index in [2.05, 4.69) is 15.9 Å². The molecular formula is C16H13BrO4. The summed E-state index contributed by atoms with van der Waals surface area (Å²) in [6.45, 7) is 0. The molecule has 0 saturated carbocycles. The largest absolute Gasteiger partial charge is 0.493 e. The van der Waals surface area contributed by atoms with Crippen LogP contribution in [-0.2, 0) is 0 Å². The number of carbonyl (C=O) groups excluding carboxylic acids is 2. The second kappa shape index (κ2) is 6.54. The average Bonchev–Trinajstić information content (AvgIpc) is 2.53. The smallest absolute Gasteiger partial charge is 0.193 e. The third-order valence-corrected chi connectivity index (χ3v) is 3.59. The molecule has 0 radical (unpaired) electrons. The molecule has 0 heterocycles. The first-order valence-corrected chi connectivity index (χ1v) is 6.91. The number of benzene rings is 2. The van der Waals surface area contributed by atoms with Crippen LogP contribution in [0.1, 0.15) is 26.3 Å². The molecule has 0 aliphatic rings. The minimum absolute atomic E-state index is 0.158. The summed E-state index contributed by atoms with van der Waals surface area (Å²) in [5.41, 5.74) is 1.50. The van der Waals surface area contributed by atoms with Gasteiger partial charge in [0, 0.05) is 16.7 Å². The van der Waals surface area contributed by atoms with Gasteiger partial charge in [-0.25, -0.2) is 0 Å². The van der Waals surface area contributed by atoms with E-state index in [-0.39, 0.29) is 5.78 Å². The maximum Gasteiger partial charge on any atom is 0.193 e. The first kappa shape index (κ1) is 15.3. The van der Waals surface area contributed by atoms with Crippen molar-refractivity contribution in [3.63, 3.8) is 0 Å². The Balaban J connectivity index is 2.42. The zero-order valence-electron chi connectivity index (χ0n) is 11.6. The van der Waals surface area contributed by atoms with Crippen LogP contribution >= 0.6 is 15.9 Å². The van der Waals surface area contributed by atoms with Gasteiger partial charge >= 0.3 is 0 Å². The summed E-state index contributed by atoms with van der Waals surface area (Å²) >= 11 is 3.36. The van der Waals surface area contributed by atoms with Crippen molar-refractivity contribution in [1.82, 2.24) is 0 Å². The van der Waals surface area contributed by atoms with Gasteiger partial charge in [0.15, 0.2) is 17.3 Å². The standard InChI is InChI=1S/C16H13BrO4/c1-20-14-8-12(7-13(17)16(14)21-2)15(19)11-5-3-10(9-18)4-6-11/h3-9H,1-2H3. The second-order valence-corrected chi connectivity index (χ2v) is 5.12. The van der Waals surface area contributed by atoms with Gasteiger partial charge in [0.2, 0.25) is 0 Å². The number of hydrogen-bond donors (Lipinski definition) is 0. The number of rotatable bonds is 5. The number of hydrogen-bond acceptors (Lipinski definition) is 4. The molecule has 0 bridgehead atoms. The Morgan fingerprint density at radius 2 is 1.71 bits per heavy atom. The van der Waals surface area contributed by atoms with Gasteiger partial charge in [0.25, 0.3) is 0 Å². The molecule has 108 valence electrons. The van der Waals surface area contributed by atoms with Gasteiger partial charge in [-0.15, -0.1) is 0 Å². The van der Waals surface area contributed by atoms with E-state index in [0.29, 0.717) is 32.7 Å². The predicted octanol–water partition coefficient (Wildman–Crippen LogP) is 3.51. The summed E-state index contributed by atoms with van der Waals surface area (Å²) in [6, 6.07) is 9.76. The van der Waals surface area contributed by atoms with E-state index in [1.807, 2.05) is 0 Å².